The first kappa shape index (κ1) is 13.9. The fourth-order valence-corrected chi connectivity index (χ4v) is 2.26. The topological polar surface area (TPSA) is 31.4 Å². The first-order valence-corrected chi connectivity index (χ1v) is 7.14. The molecule has 4 heteroatoms. The Kier molecular flexibility index (Phi) is 4.80. The fraction of sp³-hybridized carbons (Fsp3) is 0.267. The summed E-state index contributed by atoms with van der Waals surface area (Å²) < 4.78 is 11.2. The molecule has 2 aromatic rings. The van der Waals surface area contributed by atoms with Crippen molar-refractivity contribution in [1.29, 1.82) is 0 Å². The zero-order valence-electron chi connectivity index (χ0n) is 11.0. The number of hydrogen-bond donors (Lipinski definition) is 0. The maximum absolute atomic E-state index is 5.87. The fourth-order valence-electron chi connectivity index (χ4n) is 1.82. The highest BCUT2D eigenvalue weighted by molar-refractivity contribution is 9.08. The van der Waals surface area contributed by atoms with Crippen LogP contribution in [0, 0.1) is 6.92 Å². The summed E-state index contributed by atoms with van der Waals surface area (Å²) in [6.07, 6.45) is 0. The van der Waals surface area contributed by atoms with Gasteiger partial charge >= 0.3 is 0 Å². The van der Waals surface area contributed by atoms with Crippen LogP contribution >= 0.6 is 15.9 Å². The summed E-state index contributed by atoms with van der Waals surface area (Å²) >= 11 is 3.46. The van der Waals surface area contributed by atoms with Gasteiger partial charge in [-0.15, -0.1) is 0 Å². The van der Waals surface area contributed by atoms with Gasteiger partial charge < -0.3 is 9.47 Å². The molecule has 0 radical (unpaired) electrons. The normalized spacial score (nSPS) is 10.3. The molecule has 2 rings (SSSR count). The Morgan fingerprint density at radius 3 is 2.63 bits per heavy atom. The molecule has 100 valence electrons. The predicted octanol–water partition coefficient (Wildman–Crippen LogP) is 3.87. The maximum Gasteiger partial charge on any atom is 0.165 e. The first-order valence-electron chi connectivity index (χ1n) is 6.01. The van der Waals surface area contributed by atoms with Crippen molar-refractivity contribution in [2.75, 3.05) is 7.11 Å². The highest BCUT2D eigenvalue weighted by Gasteiger charge is 2.10. The average Bonchev–Trinajstić information content (AvgIpc) is 2.44. The molecule has 0 fully saturated rings. The number of methoxy groups -OCH3 is 1. The summed E-state index contributed by atoms with van der Waals surface area (Å²) in [5, 5.41) is 0.723. The largest absolute Gasteiger partial charge is 0.493 e. The summed E-state index contributed by atoms with van der Waals surface area (Å²) in [4.78, 5) is 4.42. The number of rotatable bonds is 5. The van der Waals surface area contributed by atoms with E-state index in [1.54, 1.807) is 7.11 Å². The molecule has 1 aromatic carbocycles. The minimum Gasteiger partial charge on any atom is -0.493 e. The number of alkyl halides is 1. The molecule has 0 saturated carbocycles. The van der Waals surface area contributed by atoms with E-state index in [2.05, 4.69) is 20.9 Å². The number of benzene rings is 1. The number of para-hydroxylation sites is 1. The van der Waals surface area contributed by atoms with Gasteiger partial charge in [0.25, 0.3) is 0 Å². The van der Waals surface area contributed by atoms with Gasteiger partial charge in [-0.1, -0.05) is 34.1 Å². The maximum atomic E-state index is 5.87. The second kappa shape index (κ2) is 6.57. The number of halogens is 1. The number of pyridine rings is 1. The molecule has 0 aliphatic carbocycles. The summed E-state index contributed by atoms with van der Waals surface area (Å²) in [6.45, 7) is 2.40. The summed E-state index contributed by atoms with van der Waals surface area (Å²) in [5.41, 5.74) is 2.96. The van der Waals surface area contributed by atoms with Crippen LogP contribution in [0.5, 0.6) is 11.5 Å². The number of aryl methyl sites for hydroxylation is 1. The smallest absolute Gasteiger partial charge is 0.165 e. The molecule has 0 amide bonds. The zero-order valence-corrected chi connectivity index (χ0v) is 12.6. The molecule has 19 heavy (non-hydrogen) atoms. The Morgan fingerprint density at radius 1 is 1.16 bits per heavy atom. The monoisotopic (exact) mass is 321 g/mol. The van der Waals surface area contributed by atoms with Crippen LogP contribution < -0.4 is 9.47 Å². The van der Waals surface area contributed by atoms with Crippen molar-refractivity contribution in [3.63, 3.8) is 0 Å². The van der Waals surface area contributed by atoms with Crippen LogP contribution in [0.3, 0.4) is 0 Å². The summed E-state index contributed by atoms with van der Waals surface area (Å²) in [6, 6.07) is 11.8. The van der Waals surface area contributed by atoms with E-state index >= 15 is 0 Å². The van der Waals surface area contributed by atoms with Gasteiger partial charge in [0.05, 0.1) is 12.8 Å². The second-order valence-corrected chi connectivity index (χ2v) is 4.70. The molecule has 1 heterocycles. The molecule has 0 N–H and O–H groups in total. The Balaban J connectivity index is 2.19. The van der Waals surface area contributed by atoms with Crippen molar-refractivity contribution < 1.29 is 9.47 Å². The Morgan fingerprint density at radius 2 is 1.95 bits per heavy atom. The average molecular weight is 322 g/mol. The van der Waals surface area contributed by atoms with E-state index in [0.717, 1.165) is 33.8 Å². The highest BCUT2D eigenvalue weighted by atomic mass is 79.9. The number of nitrogens with zero attached hydrogens (tertiary/aromatic N) is 1. The third-order valence-corrected chi connectivity index (χ3v) is 3.34. The van der Waals surface area contributed by atoms with Gasteiger partial charge in [-0.2, -0.15) is 0 Å². The van der Waals surface area contributed by atoms with Crippen LogP contribution in [0.25, 0.3) is 0 Å². The van der Waals surface area contributed by atoms with Crippen LogP contribution in [0.2, 0.25) is 0 Å². The van der Waals surface area contributed by atoms with Gasteiger partial charge in [0.2, 0.25) is 0 Å². The van der Waals surface area contributed by atoms with E-state index in [0.29, 0.717) is 6.61 Å². The van der Waals surface area contributed by atoms with Crippen molar-refractivity contribution in [3.05, 3.63) is 53.3 Å². The molecule has 0 spiro atoms. The third-order valence-electron chi connectivity index (χ3n) is 2.73. The molecule has 1 aromatic heterocycles. The lowest BCUT2D eigenvalue weighted by molar-refractivity contribution is 0.278. The van der Waals surface area contributed by atoms with Gasteiger partial charge in [0.15, 0.2) is 11.5 Å². The molecule has 0 aliphatic heterocycles. The quantitative estimate of drug-likeness (QED) is 0.783. The Labute approximate surface area is 121 Å². The van der Waals surface area contributed by atoms with E-state index in [1.807, 2.05) is 43.3 Å². The van der Waals surface area contributed by atoms with E-state index in [9.17, 15) is 0 Å². The van der Waals surface area contributed by atoms with Gasteiger partial charge in [0.1, 0.15) is 6.61 Å². The molecular formula is C15H16BrNO2. The SMILES string of the molecule is COc1cccc(CBr)c1OCc1cccc(C)n1. The van der Waals surface area contributed by atoms with Crippen molar-refractivity contribution in [2.24, 2.45) is 0 Å². The molecule has 0 saturated heterocycles. The van der Waals surface area contributed by atoms with E-state index < -0.39 is 0 Å². The van der Waals surface area contributed by atoms with Crippen LogP contribution in [-0.4, -0.2) is 12.1 Å². The number of ether oxygens (including phenoxy) is 2. The third kappa shape index (κ3) is 3.47. The van der Waals surface area contributed by atoms with E-state index in [1.165, 1.54) is 0 Å². The second-order valence-electron chi connectivity index (χ2n) is 4.14. The van der Waals surface area contributed by atoms with Gasteiger partial charge in [-0.05, 0) is 25.1 Å². The number of hydrogen-bond acceptors (Lipinski definition) is 3. The molecule has 0 atom stereocenters. The minimum absolute atomic E-state index is 0.433. The molecule has 3 nitrogen and oxygen atoms in total. The Bertz CT molecular complexity index is 535. The first-order chi connectivity index (χ1) is 9.24. The van der Waals surface area contributed by atoms with Crippen molar-refractivity contribution >= 4 is 15.9 Å². The lowest BCUT2D eigenvalue weighted by Gasteiger charge is -2.13. The van der Waals surface area contributed by atoms with Gasteiger partial charge in [0, 0.05) is 16.6 Å². The summed E-state index contributed by atoms with van der Waals surface area (Å²) in [7, 11) is 1.64. The Hall–Kier alpha value is -1.55. The molecular weight excluding hydrogens is 306 g/mol. The minimum atomic E-state index is 0.433. The van der Waals surface area contributed by atoms with Crippen LogP contribution in [0.4, 0.5) is 0 Å². The van der Waals surface area contributed by atoms with Crippen LogP contribution in [0.15, 0.2) is 36.4 Å². The molecule has 0 unspecified atom stereocenters. The zero-order chi connectivity index (χ0) is 13.7. The predicted molar refractivity (Wildman–Crippen MR) is 78.9 cm³/mol. The van der Waals surface area contributed by atoms with Crippen molar-refractivity contribution in [3.8, 4) is 11.5 Å². The van der Waals surface area contributed by atoms with Gasteiger partial charge in [-0.25, -0.2) is 0 Å². The van der Waals surface area contributed by atoms with E-state index in [4.69, 9.17) is 9.47 Å². The lowest BCUT2D eigenvalue weighted by atomic mass is 10.2. The number of aromatic nitrogens is 1. The molecule has 0 bridgehead atoms. The van der Waals surface area contributed by atoms with Crippen molar-refractivity contribution in [1.82, 2.24) is 4.98 Å². The standard InChI is InChI=1S/C15H16BrNO2/c1-11-5-3-7-13(17-11)10-19-15-12(9-16)6-4-8-14(15)18-2/h3-8H,9-10H2,1-2H3. The van der Waals surface area contributed by atoms with Crippen molar-refractivity contribution in [2.45, 2.75) is 18.9 Å². The van der Waals surface area contributed by atoms with E-state index in [-0.39, 0.29) is 0 Å². The van der Waals surface area contributed by atoms with Gasteiger partial charge in [-0.3, -0.25) is 4.98 Å². The summed E-state index contributed by atoms with van der Waals surface area (Å²) in [5.74, 6) is 1.51. The van der Waals surface area contributed by atoms with Crippen LogP contribution in [-0.2, 0) is 11.9 Å². The van der Waals surface area contributed by atoms with Crippen LogP contribution in [0.1, 0.15) is 17.0 Å². The molecule has 0 aliphatic rings. The highest BCUT2D eigenvalue weighted by Crippen LogP contribution is 2.32. The lowest BCUT2D eigenvalue weighted by Crippen LogP contribution is -2.02.